The number of rotatable bonds is 10. The minimum atomic E-state index is -0.502. The molecular formula is C22H33N3O3S. The van der Waals surface area contributed by atoms with Gasteiger partial charge in [0.05, 0.1) is 13.2 Å². The third-order valence-corrected chi connectivity index (χ3v) is 5.29. The van der Waals surface area contributed by atoms with Crippen molar-refractivity contribution in [2.75, 3.05) is 26.2 Å². The molecule has 0 aliphatic rings. The van der Waals surface area contributed by atoms with Crippen molar-refractivity contribution in [1.29, 1.82) is 0 Å². The Hall–Kier alpha value is -2.12. The maximum absolute atomic E-state index is 11.8. The lowest BCUT2D eigenvalue weighted by Crippen LogP contribution is -2.31. The van der Waals surface area contributed by atoms with E-state index in [2.05, 4.69) is 29.0 Å². The van der Waals surface area contributed by atoms with Crippen LogP contribution in [0.5, 0.6) is 5.75 Å². The van der Waals surface area contributed by atoms with E-state index in [0.29, 0.717) is 13.2 Å². The third-order valence-electron chi connectivity index (χ3n) is 4.24. The molecule has 1 aromatic carbocycles. The summed E-state index contributed by atoms with van der Waals surface area (Å²) in [5, 5.41) is 3.68. The van der Waals surface area contributed by atoms with Gasteiger partial charge in [-0.05, 0) is 64.5 Å². The van der Waals surface area contributed by atoms with E-state index in [1.807, 2.05) is 45.0 Å². The number of hydrogen-bond donors (Lipinski definition) is 1. The van der Waals surface area contributed by atoms with Crippen molar-refractivity contribution in [1.82, 2.24) is 15.2 Å². The molecule has 2 aromatic rings. The van der Waals surface area contributed by atoms with Gasteiger partial charge in [0.25, 0.3) is 0 Å². The van der Waals surface area contributed by atoms with E-state index >= 15 is 0 Å². The van der Waals surface area contributed by atoms with Crippen molar-refractivity contribution < 1.29 is 14.3 Å². The predicted molar refractivity (Wildman–Crippen MR) is 119 cm³/mol. The maximum Gasteiger partial charge on any atom is 0.407 e. The second-order valence-electron chi connectivity index (χ2n) is 7.74. The highest BCUT2D eigenvalue weighted by Crippen LogP contribution is 2.27. The fourth-order valence-corrected chi connectivity index (χ4v) is 3.57. The Kier molecular flexibility index (Phi) is 8.92. The van der Waals surface area contributed by atoms with Crippen LogP contribution in [-0.4, -0.2) is 47.8 Å². The van der Waals surface area contributed by atoms with Gasteiger partial charge < -0.3 is 19.7 Å². The molecule has 160 valence electrons. The molecule has 1 heterocycles. The van der Waals surface area contributed by atoms with Crippen molar-refractivity contribution >= 4 is 17.4 Å². The highest BCUT2D eigenvalue weighted by atomic mass is 32.1. The molecule has 6 nitrogen and oxygen atoms in total. The molecule has 0 saturated carbocycles. The maximum atomic E-state index is 11.8. The van der Waals surface area contributed by atoms with Crippen molar-refractivity contribution in [3.05, 3.63) is 35.3 Å². The number of amides is 1. The Labute approximate surface area is 178 Å². The number of nitrogens with one attached hydrogen (secondary N) is 1. The molecule has 1 aromatic heterocycles. The van der Waals surface area contributed by atoms with Gasteiger partial charge in [0.15, 0.2) is 0 Å². The van der Waals surface area contributed by atoms with Gasteiger partial charge in [0.1, 0.15) is 16.4 Å². The summed E-state index contributed by atoms with van der Waals surface area (Å²) in [7, 11) is 0. The number of aromatic nitrogens is 1. The molecule has 0 spiro atoms. The molecule has 1 N–H and O–H groups in total. The summed E-state index contributed by atoms with van der Waals surface area (Å²) < 4.78 is 11.1. The number of carbonyl (C=O) groups is 1. The second kappa shape index (κ2) is 11.2. The number of ether oxygens (including phenoxy) is 2. The number of benzene rings is 1. The van der Waals surface area contributed by atoms with Crippen LogP contribution >= 0.6 is 11.3 Å². The number of carbonyl (C=O) groups excluding carboxylic acids is 1. The number of hydrogen-bond acceptors (Lipinski definition) is 6. The van der Waals surface area contributed by atoms with Gasteiger partial charge in [-0.3, -0.25) is 0 Å². The average molecular weight is 420 g/mol. The summed E-state index contributed by atoms with van der Waals surface area (Å²) in [6, 6.07) is 7.99. The molecule has 0 aliphatic carbocycles. The summed E-state index contributed by atoms with van der Waals surface area (Å²) >= 11 is 1.55. The Bertz CT molecular complexity index is 749. The summed E-state index contributed by atoms with van der Waals surface area (Å²) in [6.45, 7) is 14.2. The van der Waals surface area contributed by atoms with Gasteiger partial charge in [-0.1, -0.05) is 13.8 Å². The molecule has 0 saturated heterocycles. The van der Waals surface area contributed by atoms with Gasteiger partial charge in [0, 0.05) is 23.2 Å². The summed E-state index contributed by atoms with van der Waals surface area (Å²) in [5.74, 6) is 0.872. The van der Waals surface area contributed by atoms with Gasteiger partial charge in [0.2, 0.25) is 0 Å². The monoisotopic (exact) mass is 419 g/mol. The van der Waals surface area contributed by atoms with Crippen LogP contribution < -0.4 is 10.1 Å². The highest BCUT2D eigenvalue weighted by molar-refractivity contribution is 7.15. The van der Waals surface area contributed by atoms with Crippen molar-refractivity contribution in [2.24, 2.45) is 0 Å². The van der Waals surface area contributed by atoms with Crippen LogP contribution in [0.1, 0.15) is 45.9 Å². The Morgan fingerprint density at radius 3 is 2.48 bits per heavy atom. The van der Waals surface area contributed by atoms with Gasteiger partial charge >= 0.3 is 6.09 Å². The largest absolute Gasteiger partial charge is 0.494 e. The zero-order valence-electron chi connectivity index (χ0n) is 18.2. The third kappa shape index (κ3) is 8.41. The Balaban J connectivity index is 1.80. The standard InChI is InChI=1S/C22H33N3O3S/c1-6-25(7-2)13-8-14-27-18-11-9-17(10-12-18)20-23-15-19(29-20)16-24-21(26)28-22(3,4)5/h9-12,15H,6-8,13-14,16H2,1-5H3,(H,24,26). The van der Waals surface area contributed by atoms with Crippen LogP contribution in [0.15, 0.2) is 30.5 Å². The van der Waals surface area contributed by atoms with Crippen LogP contribution in [0.2, 0.25) is 0 Å². The zero-order valence-corrected chi connectivity index (χ0v) is 19.0. The van der Waals surface area contributed by atoms with E-state index < -0.39 is 11.7 Å². The zero-order chi connectivity index (χ0) is 21.3. The van der Waals surface area contributed by atoms with Crippen LogP contribution in [0.3, 0.4) is 0 Å². The first-order chi connectivity index (χ1) is 13.8. The lowest BCUT2D eigenvalue weighted by molar-refractivity contribution is 0.0524. The van der Waals surface area contributed by atoms with Crippen LogP contribution in [0.25, 0.3) is 10.6 Å². The fraction of sp³-hybridized carbons (Fsp3) is 0.545. The van der Waals surface area contributed by atoms with Gasteiger partial charge in [-0.2, -0.15) is 0 Å². The van der Waals surface area contributed by atoms with E-state index in [9.17, 15) is 4.79 Å². The Morgan fingerprint density at radius 1 is 1.17 bits per heavy atom. The second-order valence-corrected chi connectivity index (χ2v) is 8.86. The van der Waals surface area contributed by atoms with E-state index in [-0.39, 0.29) is 0 Å². The van der Waals surface area contributed by atoms with Gasteiger partial charge in [-0.25, -0.2) is 9.78 Å². The van der Waals surface area contributed by atoms with Crippen LogP contribution in [-0.2, 0) is 11.3 Å². The van der Waals surface area contributed by atoms with E-state index in [0.717, 1.165) is 47.3 Å². The molecule has 2 rings (SSSR count). The molecule has 0 bridgehead atoms. The molecule has 0 radical (unpaired) electrons. The first kappa shape index (κ1) is 23.2. The average Bonchev–Trinajstić information content (AvgIpc) is 3.15. The van der Waals surface area contributed by atoms with E-state index in [4.69, 9.17) is 9.47 Å². The van der Waals surface area contributed by atoms with Crippen molar-refractivity contribution in [2.45, 2.75) is 53.2 Å². The van der Waals surface area contributed by atoms with E-state index in [1.165, 1.54) is 0 Å². The minimum Gasteiger partial charge on any atom is -0.494 e. The van der Waals surface area contributed by atoms with Crippen molar-refractivity contribution in [3.63, 3.8) is 0 Å². The fourth-order valence-electron chi connectivity index (χ4n) is 2.71. The lowest BCUT2D eigenvalue weighted by Gasteiger charge is -2.19. The smallest absolute Gasteiger partial charge is 0.407 e. The summed E-state index contributed by atoms with van der Waals surface area (Å²) in [5.41, 5.74) is 0.534. The van der Waals surface area contributed by atoms with E-state index in [1.54, 1.807) is 17.5 Å². The lowest BCUT2D eigenvalue weighted by atomic mass is 10.2. The number of thiazole rings is 1. The first-order valence-electron chi connectivity index (χ1n) is 10.2. The molecule has 7 heteroatoms. The molecule has 0 fully saturated rings. The van der Waals surface area contributed by atoms with Gasteiger partial charge in [-0.15, -0.1) is 11.3 Å². The predicted octanol–water partition coefficient (Wildman–Crippen LogP) is 4.95. The molecule has 0 aliphatic heterocycles. The molecule has 1 amide bonds. The molecule has 29 heavy (non-hydrogen) atoms. The number of nitrogens with zero attached hydrogens (tertiary/aromatic N) is 2. The first-order valence-corrected chi connectivity index (χ1v) is 11.0. The summed E-state index contributed by atoms with van der Waals surface area (Å²) in [6.07, 6.45) is 2.38. The summed E-state index contributed by atoms with van der Waals surface area (Å²) in [4.78, 5) is 19.6. The molecular weight excluding hydrogens is 386 g/mol. The minimum absolute atomic E-state index is 0.403. The number of alkyl carbamates (subject to hydrolysis) is 1. The van der Waals surface area contributed by atoms with Crippen LogP contribution in [0.4, 0.5) is 4.79 Å². The SMILES string of the molecule is CCN(CC)CCCOc1ccc(-c2ncc(CNC(=O)OC(C)(C)C)s2)cc1. The normalized spacial score (nSPS) is 11.5. The van der Waals surface area contributed by atoms with Crippen LogP contribution in [0, 0.1) is 0 Å². The quantitative estimate of drug-likeness (QED) is 0.552. The highest BCUT2D eigenvalue weighted by Gasteiger charge is 2.16. The van der Waals surface area contributed by atoms with Crippen molar-refractivity contribution in [3.8, 4) is 16.3 Å². The Morgan fingerprint density at radius 2 is 1.86 bits per heavy atom. The topological polar surface area (TPSA) is 63.7 Å². The molecule has 0 atom stereocenters. The molecule has 0 unspecified atom stereocenters.